The van der Waals surface area contributed by atoms with Crippen molar-refractivity contribution < 1.29 is 14.1 Å². The Morgan fingerprint density at radius 1 is 1.21 bits per heavy atom. The summed E-state index contributed by atoms with van der Waals surface area (Å²) in [6.45, 7) is 5.06. The van der Waals surface area contributed by atoms with Gasteiger partial charge in [0.1, 0.15) is 0 Å². The minimum absolute atomic E-state index is 0.00464. The van der Waals surface area contributed by atoms with Gasteiger partial charge in [0.05, 0.1) is 4.88 Å². The van der Waals surface area contributed by atoms with Gasteiger partial charge in [-0.3, -0.25) is 9.69 Å². The normalized spacial score (nSPS) is 14.8. The number of hydrogen-bond donors (Lipinski definition) is 2. The third-order valence-electron chi connectivity index (χ3n) is 4.82. The van der Waals surface area contributed by atoms with Crippen LogP contribution in [0.2, 0.25) is 0 Å². The fraction of sp³-hybridized carbons (Fsp3) is 0.526. The predicted octanol–water partition coefficient (Wildman–Crippen LogP) is 2.26. The molecule has 0 atom stereocenters. The Labute approximate surface area is 168 Å². The molecule has 0 bridgehead atoms. The van der Waals surface area contributed by atoms with E-state index in [4.69, 9.17) is 4.52 Å². The summed E-state index contributed by atoms with van der Waals surface area (Å²) >= 11 is 1.55. The van der Waals surface area contributed by atoms with Crippen LogP contribution in [0.3, 0.4) is 0 Å². The topological polar surface area (TPSA) is 90.7 Å². The molecule has 3 rings (SSSR count). The van der Waals surface area contributed by atoms with Crippen LogP contribution in [0.5, 0.6) is 0 Å². The third-order valence-corrected chi connectivity index (χ3v) is 5.70. The average Bonchev–Trinajstić information content (AvgIpc) is 3.42. The van der Waals surface area contributed by atoms with Gasteiger partial charge in [-0.2, -0.15) is 0 Å². The Kier molecular flexibility index (Phi) is 7.44. The van der Waals surface area contributed by atoms with Crippen LogP contribution in [0, 0.1) is 0 Å². The largest absolute Gasteiger partial charge is 0.355 e. The maximum Gasteiger partial charge on any atom is 0.317 e. The molecule has 152 valence electrons. The highest BCUT2D eigenvalue weighted by atomic mass is 32.1. The van der Waals surface area contributed by atoms with Crippen LogP contribution in [-0.2, 0) is 0 Å². The van der Waals surface area contributed by atoms with Gasteiger partial charge < -0.3 is 20.1 Å². The van der Waals surface area contributed by atoms with Crippen molar-refractivity contribution in [1.29, 1.82) is 0 Å². The molecule has 0 radical (unpaired) electrons. The first kappa shape index (κ1) is 20.3. The van der Waals surface area contributed by atoms with Crippen LogP contribution in [0.15, 0.2) is 28.1 Å². The summed E-state index contributed by atoms with van der Waals surface area (Å²) < 4.78 is 5.24. The molecular formula is C19H27N5O3S. The van der Waals surface area contributed by atoms with E-state index in [0.717, 1.165) is 56.9 Å². The van der Waals surface area contributed by atoms with E-state index >= 15 is 0 Å². The molecule has 0 unspecified atom stereocenters. The summed E-state index contributed by atoms with van der Waals surface area (Å²) in [5, 5.41) is 11.4. The molecule has 0 saturated carbocycles. The summed E-state index contributed by atoms with van der Waals surface area (Å²) in [5.41, 5.74) is 0.317. The van der Waals surface area contributed by atoms with E-state index in [1.807, 2.05) is 22.4 Å². The van der Waals surface area contributed by atoms with Crippen LogP contribution < -0.4 is 10.6 Å². The number of piperazine rings is 1. The molecule has 1 aliphatic heterocycles. The number of rotatable bonds is 8. The zero-order valence-electron chi connectivity index (χ0n) is 16.1. The minimum Gasteiger partial charge on any atom is -0.355 e. The number of nitrogens with one attached hydrogen (secondary N) is 2. The molecule has 2 aromatic heterocycles. The van der Waals surface area contributed by atoms with Gasteiger partial charge >= 0.3 is 6.03 Å². The Bertz CT molecular complexity index is 753. The lowest BCUT2D eigenvalue weighted by Crippen LogP contribution is -2.51. The van der Waals surface area contributed by atoms with Crippen molar-refractivity contribution >= 4 is 23.3 Å². The summed E-state index contributed by atoms with van der Waals surface area (Å²) in [4.78, 5) is 28.9. The molecular weight excluding hydrogens is 378 g/mol. The van der Waals surface area contributed by atoms with Gasteiger partial charge in [-0.05, 0) is 30.8 Å². The van der Waals surface area contributed by atoms with Gasteiger partial charge in [-0.25, -0.2) is 4.79 Å². The number of carbonyl (C=O) groups is 2. The highest BCUT2D eigenvalue weighted by Gasteiger charge is 2.19. The first-order valence-corrected chi connectivity index (χ1v) is 10.5. The van der Waals surface area contributed by atoms with E-state index in [1.54, 1.807) is 24.5 Å². The standard InChI is InChI=1S/C19H27N5O3S/c1-20-19(26)24-11-9-23(10-12-24)8-4-2-3-7-21-18(25)15-14-16(27-22-15)17-6-5-13-28-17/h5-6,13-14H,2-4,7-12H2,1H3,(H,20,26)(H,21,25). The summed E-state index contributed by atoms with van der Waals surface area (Å²) in [6, 6.07) is 5.56. The van der Waals surface area contributed by atoms with Crippen molar-refractivity contribution in [2.45, 2.75) is 19.3 Å². The number of amides is 3. The molecule has 0 aliphatic carbocycles. The number of nitrogens with zero attached hydrogens (tertiary/aromatic N) is 3. The highest BCUT2D eigenvalue weighted by molar-refractivity contribution is 7.13. The van der Waals surface area contributed by atoms with Gasteiger partial charge in [0.2, 0.25) is 0 Å². The van der Waals surface area contributed by atoms with Crippen LogP contribution in [-0.4, -0.2) is 73.2 Å². The Hall–Kier alpha value is -2.39. The fourth-order valence-electron chi connectivity index (χ4n) is 3.18. The molecule has 3 heterocycles. The van der Waals surface area contributed by atoms with Crippen molar-refractivity contribution in [2.24, 2.45) is 0 Å². The van der Waals surface area contributed by atoms with Gasteiger partial charge in [0.25, 0.3) is 5.91 Å². The van der Waals surface area contributed by atoms with Crippen molar-refractivity contribution in [3.8, 4) is 10.6 Å². The zero-order valence-corrected chi connectivity index (χ0v) is 17.0. The van der Waals surface area contributed by atoms with E-state index < -0.39 is 0 Å². The van der Waals surface area contributed by atoms with Crippen LogP contribution in [0.25, 0.3) is 10.6 Å². The van der Waals surface area contributed by atoms with Crippen molar-refractivity contribution in [3.05, 3.63) is 29.3 Å². The SMILES string of the molecule is CNC(=O)N1CCN(CCCCCNC(=O)c2cc(-c3cccs3)on2)CC1. The summed E-state index contributed by atoms with van der Waals surface area (Å²) in [5.74, 6) is 0.425. The number of thiophene rings is 1. The Balaban J connectivity index is 1.26. The van der Waals surface area contributed by atoms with Gasteiger partial charge in [0.15, 0.2) is 11.5 Å². The lowest BCUT2D eigenvalue weighted by atomic mass is 10.2. The lowest BCUT2D eigenvalue weighted by molar-refractivity contribution is 0.0943. The molecule has 2 aromatic rings. The van der Waals surface area contributed by atoms with E-state index in [-0.39, 0.29) is 11.9 Å². The Morgan fingerprint density at radius 2 is 2.04 bits per heavy atom. The van der Waals surface area contributed by atoms with E-state index in [2.05, 4.69) is 20.7 Å². The van der Waals surface area contributed by atoms with Crippen LogP contribution >= 0.6 is 11.3 Å². The number of hydrogen-bond acceptors (Lipinski definition) is 6. The molecule has 9 heteroatoms. The fourth-order valence-corrected chi connectivity index (χ4v) is 3.85. The summed E-state index contributed by atoms with van der Waals surface area (Å²) in [6.07, 6.45) is 3.07. The van der Waals surface area contributed by atoms with Crippen LogP contribution in [0.1, 0.15) is 29.8 Å². The molecule has 1 aliphatic rings. The third kappa shape index (κ3) is 5.56. The number of carbonyl (C=O) groups excluding carboxylic acids is 2. The van der Waals surface area contributed by atoms with Gasteiger partial charge in [0, 0.05) is 45.8 Å². The van der Waals surface area contributed by atoms with Crippen LogP contribution in [0.4, 0.5) is 4.79 Å². The molecule has 28 heavy (non-hydrogen) atoms. The average molecular weight is 406 g/mol. The molecule has 1 saturated heterocycles. The second-order valence-corrected chi connectivity index (χ2v) is 7.70. The predicted molar refractivity (Wildman–Crippen MR) is 108 cm³/mol. The second-order valence-electron chi connectivity index (χ2n) is 6.75. The Morgan fingerprint density at radius 3 is 2.75 bits per heavy atom. The zero-order chi connectivity index (χ0) is 19.8. The highest BCUT2D eigenvalue weighted by Crippen LogP contribution is 2.25. The number of unbranched alkanes of at least 4 members (excludes halogenated alkanes) is 2. The smallest absolute Gasteiger partial charge is 0.317 e. The van der Waals surface area contributed by atoms with Gasteiger partial charge in [-0.15, -0.1) is 11.3 Å². The molecule has 0 aromatic carbocycles. The minimum atomic E-state index is -0.197. The summed E-state index contributed by atoms with van der Waals surface area (Å²) in [7, 11) is 1.67. The molecule has 1 fully saturated rings. The quantitative estimate of drug-likeness (QED) is 0.658. The monoisotopic (exact) mass is 405 g/mol. The molecule has 0 spiro atoms. The van der Waals surface area contributed by atoms with E-state index in [1.165, 1.54) is 0 Å². The van der Waals surface area contributed by atoms with E-state index in [0.29, 0.717) is 18.0 Å². The molecule has 8 nitrogen and oxygen atoms in total. The first-order chi connectivity index (χ1) is 13.7. The number of aromatic nitrogens is 1. The van der Waals surface area contributed by atoms with E-state index in [9.17, 15) is 9.59 Å². The maximum atomic E-state index is 12.1. The van der Waals surface area contributed by atoms with Gasteiger partial charge in [-0.1, -0.05) is 17.6 Å². The first-order valence-electron chi connectivity index (χ1n) is 9.65. The second kappa shape index (κ2) is 10.2. The van der Waals surface area contributed by atoms with Crippen molar-refractivity contribution in [2.75, 3.05) is 46.3 Å². The lowest BCUT2D eigenvalue weighted by Gasteiger charge is -2.34. The van der Waals surface area contributed by atoms with Crippen molar-refractivity contribution in [1.82, 2.24) is 25.6 Å². The molecule has 3 amide bonds. The maximum absolute atomic E-state index is 12.1. The number of urea groups is 1. The molecule has 2 N–H and O–H groups in total. The van der Waals surface area contributed by atoms with Crippen molar-refractivity contribution in [3.63, 3.8) is 0 Å².